The number of rotatable bonds is 4. The number of alkyl halides is 2. The van der Waals surface area contributed by atoms with Gasteiger partial charge in [0, 0.05) is 9.77 Å². The van der Waals surface area contributed by atoms with E-state index in [2.05, 4.69) is 4.98 Å². The first-order valence-corrected chi connectivity index (χ1v) is 5.26. The summed E-state index contributed by atoms with van der Waals surface area (Å²) in [7, 11) is 1.21. The van der Waals surface area contributed by atoms with Crippen LogP contribution in [-0.2, 0) is 11.2 Å². The summed E-state index contributed by atoms with van der Waals surface area (Å²) in [5, 5.41) is 8.65. The van der Waals surface area contributed by atoms with Crippen LogP contribution in [0.25, 0.3) is 0 Å². The summed E-state index contributed by atoms with van der Waals surface area (Å²) < 4.78 is 30.7. The highest BCUT2D eigenvalue weighted by molar-refractivity contribution is 14.1. The summed E-state index contributed by atoms with van der Waals surface area (Å²) >= 11 is 1.77. The summed E-state index contributed by atoms with van der Waals surface area (Å²) in [5.74, 6) is -1.40. The van der Waals surface area contributed by atoms with Crippen molar-refractivity contribution in [2.75, 3.05) is 7.11 Å². The van der Waals surface area contributed by atoms with E-state index in [1.165, 1.54) is 13.3 Å². The highest BCUT2D eigenvalue weighted by atomic mass is 127. The molecular formula is C9H8F2INO3. The van der Waals surface area contributed by atoms with Gasteiger partial charge in [0.2, 0.25) is 5.88 Å². The SMILES string of the molecule is COc1ncc(I)c(CC(=O)O)c1C(F)F. The van der Waals surface area contributed by atoms with Crippen molar-refractivity contribution in [2.24, 2.45) is 0 Å². The Kier molecular flexibility index (Phi) is 4.39. The van der Waals surface area contributed by atoms with Gasteiger partial charge in [0.1, 0.15) is 0 Å². The maximum atomic E-state index is 12.8. The largest absolute Gasteiger partial charge is 0.481 e. The molecule has 0 aromatic carbocycles. The van der Waals surface area contributed by atoms with E-state index in [0.717, 1.165) is 0 Å². The minimum Gasteiger partial charge on any atom is -0.481 e. The van der Waals surface area contributed by atoms with Crippen molar-refractivity contribution in [1.29, 1.82) is 0 Å². The van der Waals surface area contributed by atoms with Crippen LogP contribution in [0, 0.1) is 3.57 Å². The Hall–Kier alpha value is -0.990. The molecule has 0 aliphatic heterocycles. The first kappa shape index (κ1) is 13.1. The van der Waals surface area contributed by atoms with Gasteiger partial charge >= 0.3 is 5.97 Å². The molecule has 0 fully saturated rings. The van der Waals surface area contributed by atoms with Crippen LogP contribution in [0.1, 0.15) is 17.6 Å². The van der Waals surface area contributed by atoms with Crippen LogP contribution in [0.5, 0.6) is 5.88 Å². The average Bonchev–Trinajstić information content (AvgIpc) is 2.19. The number of hydrogen-bond acceptors (Lipinski definition) is 3. The van der Waals surface area contributed by atoms with Crippen molar-refractivity contribution in [3.05, 3.63) is 20.9 Å². The third kappa shape index (κ3) is 2.77. The number of halogens is 3. The van der Waals surface area contributed by atoms with Crippen LogP contribution in [0.3, 0.4) is 0 Å². The van der Waals surface area contributed by atoms with Gasteiger partial charge in [-0.05, 0) is 28.2 Å². The van der Waals surface area contributed by atoms with Gasteiger partial charge < -0.3 is 9.84 Å². The Morgan fingerprint density at radius 3 is 2.75 bits per heavy atom. The van der Waals surface area contributed by atoms with Gasteiger partial charge in [-0.2, -0.15) is 0 Å². The molecule has 0 spiro atoms. The van der Waals surface area contributed by atoms with Crippen LogP contribution < -0.4 is 4.74 Å². The topological polar surface area (TPSA) is 59.4 Å². The number of pyridine rings is 1. The van der Waals surface area contributed by atoms with Crippen molar-refractivity contribution < 1.29 is 23.4 Å². The van der Waals surface area contributed by atoms with Crippen LogP contribution in [0.2, 0.25) is 0 Å². The fourth-order valence-electron chi connectivity index (χ4n) is 1.24. The lowest BCUT2D eigenvalue weighted by molar-refractivity contribution is -0.136. The third-order valence-corrected chi connectivity index (χ3v) is 2.81. The Labute approximate surface area is 104 Å². The standard InChI is InChI=1S/C9H8F2INO3/c1-16-9-7(8(10)11)4(2-6(14)15)5(12)3-13-9/h3,8H,2H2,1H3,(H,14,15). The lowest BCUT2D eigenvalue weighted by Gasteiger charge is -2.12. The number of carbonyl (C=O) groups is 1. The average molecular weight is 343 g/mol. The number of carboxylic acids is 1. The second kappa shape index (κ2) is 5.37. The number of nitrogens with zero attached hydrogens (tertiary/aromatic N) is 1. The van der Waals surface area contributed by atoms with E-state index in [9.17, 15) is 13.6 Å². The minimum absolute atomic E-state index is 0.0509. The molecule has 1 N–H and O–H groups in total. The second-order valence-corrected chi connectivity index (χ2v) is 4.04. The number of aliphatic carboxylic acids is 1. The maximum Gasteiger partial charge on any atom is 0.307 e. The molecule has 0 aliphatic carbocycles. The zero-order valence-electron chi connectivity index (χ0n) is 8.21. The van der Waals surface area contributed by atoms with Crippen LogP contribution >= 0.6 is 22.6 Å². The van der Waals surface area contributed by atoms with E-state index in [4.69, 9.17) is 9.84 Å². The number of carboxylic acid groups (broad SMARTS) is 1. The van der Waals surface area contributed by atoms with Crippen LogP contribution in [-0.4, -0.2) is 23.2 Å². The molecular weight excluding hydrogens is 335 g/mol. The smallest absolute Gasteiger partial charge is 0.307 e. The van der Waals surface area contributed by atoms with Gasteiger partial charge in [-0.15, -0.1) is 0 Å². The lowest BCUT2D eigenvalue weighted by Crippen LogP contribution is -2.09. The summed E-state index contributed by atoms with van der Waals surface area (Å²) in [6, 6.07) is 0. The molecule has 1 aromatic heterocycles. The van der Waals surface area contributed by atoms with Gasteiger partial charge in [-0.3, -0.25) is 4.79 Å². The molecule has 7 heteroatoms. The van der Waals surface area contributed by atoms with E-state index in [0.29, 0.717) is 3.57 Å². The maximum absolute atomic E-state index is 12.8. The van der Waals surface area contributed by atoms with Crippen molar-refractivity contribution in [2.45, 2.75) is 12.8 Å². The summed E-state index contributed by atoms with van der Waals surface area (Å²) in [6.45, 7) is 0. The highest BCUT2D eigenvalue weighted by Gasteiger charge is 2.23. The number of hydrogen-bond donors (Lipinski definition) is 1. The normalized spacial score (nSPS) is 10.6. The summed E-state index contributed by atoms with van der Waals surface area (Å²) in [5.41, 5.74) is -0.397. The molecule has 1 aromatic rings. The number of ether oxygens (including phenoxy) is 1. The summed E-state index contributed by atoms with van der Waals surface area (Å²) in [4.78, 5) is 14.3. The van der Waals surface area contributed by atoms with Crippen molar-refractivity contribution in [3.8, 4) is 5.88 Å². The van der Waals surface area contributed by atoms with Crippen LogP contribution in [0.4, 0.5) is 8.78 Å². The van der Waals surface area contributed by atoms with E-state index in [1.54, 1.807) is 22.6 Å². The van der Waals surface area contributed by atoms with E-state index in [1.807, 2.05) is 0 Å². The molecule has 0 radical (unpaired) electrons. The van der Waals surface area contributed by atoms with Crippen molar-refractivity contribution >= 4 is 28.6 Å². The van der Waals surface area contributed by atoms with E-state index in [-0.39, 0.29) is 11.4 Å². The van der Waals surface area contributed by atoms with Crippen molar-refractivity contribution in [3.63, 3.8) is 0 Å². The predicted molar refractivity (Wildman–Crippen MR) is 59.8 cm³/mol. The number of aromatic nitrogens is 1. The predicted octanol–water partition coefficient (Wildman–Crippen LogP) is 2.26. The first-order valence-electron chi connectivity index (χ1n) is 4.18. The molecule has 88 valence electrons. The highest BCUT2D eigenvalue weighted by Crippen LogP contribution is 2.33. The second-order valence-electron chi connectivity index (χ2n) is 2.88. The van der Waals surface area contributed by atoms with E-state index < -0.39 is 24.4 Å². The monoisotopic (exact) mass is 343 g/mol. The van der Waals surface area contributed by atoms with E-state index >= 15 is 0 Å². The Morgan fingerprint density at radius 1 is 1.69 bits per heavy atom. The zero-order chi connectivity index (χ0) is 12.3. The molecule has 1 rings (SSSR count). The molecule has 0 saturated carbocycles. The fraction of sp³-hybridized carbons (Fsp3) is 0.333. The van der Waals surface area contributed by atoms with Gasteiger partial charge in [0.05, 0.1) is 19.1 Å². The minimum atomic E-state index is -2.81. The van der Waals surface area contributed by atoms with Gasteiger partial charge in [-0.1, -0.05) is 0 Å². The molecule has 0 bridgehead atoms. The fourth-order valence-corrected chi connectivity index (χ4v) is 1.86. The summed E-state index contributed by atoms with van der Waals surface area (Å²) in [6.07, 6.45) is -1.98. The molecule has 4 nitrogen and oxygen atoms in total. The molecule has 0 saturated heterocycles. The van der Waals surface area contributed by atoms with Gasteiger partial charge in [-0.25, -0.2) is 13.8 Å². The molecule has 1 heterocycles. The lowest BCUT2D eigenvalue weighted by atomic mass is 10.1. The Morgan fingerprint density at radius 2 is 2.31 bits per heavy atom. The van der Waals surface area contributed by atoms with Gasteiger partial charge in [0.25, 0.3) is 6.43 Å². The molecule has 0 unspecified atom stereocenters. The first-order chi connectivity index (χ1) is 7.47. The Balaban J connectivity index is 3.35. The van der Waals surface area contributed by atoms with Crippen LogP contribution in [0.15, 0.2) is 6.20 Å². The number of methoxy groups -OCH3 is 1. The molecule has 0 atom stereocenters. The molecule has 0 aliphatic rings. The zero-order valence-corrected chi connectivity index (χ0v) is 10.4. The molecule has 16 heavy (non-hydrogen) atoms. The molecule has 0 amide bonds. The van der Waals surface area contributed by atoms with Crippen molar-refractivity contribution in [1.82, 2.24) is 4.98 Å². The quantitative estimate of drug-likeness (QED) is 0.852. The third-order valence-electron chi connectivity index (χ3n) is 1.88. The van der Waals surface area contributed by atoms with Gasteiger partial charge in [0.15, 0.2) is 0 Å². The Bertz CT molecular complexity index is 412.